The summed E-state index contributed by atoms with van der Waals surface area (Å²) < 4.78 is 22.6. The third-order valence-electron chi connectivity index (χ3n) is 3.76. The molecule has 0 aliphatic rings. The van der Waals surface area contributed by atoms with Crippen molar-refractivity contribution in [1.82, 2.24) is 15.0 Å². The lowest BCUT2D eigenvalue weighted by Crippen LogP contribution is -1.88. The van der Waals surface area contributed by atoms with Crippen LogP contribution in [0.5, 0.6) is 0 Å². The molecule has 0 amide bonds. The Hall–Kier alpha value is -3.07. The van der Waals surface area contributed by atoms with Gasteiger partial charge in [-0.3, -0.25) is 4.98 Å². The molecular weight excluding hydrogens is 282 g/mol. The van der Waals surface area contributed by atoms with Crippen molar-refractivity contribution in [1.29, 1.82) is 0 Å². The molecule has 3 nitrogen and oxygen atoms in total. The van der Waals surface area contributed by atoms with E-state index in [1.54, 1.807) is 6.20 Å². The van der Waals surface area contributed by atoms with E-state index in [0.717, 1.165) is 27.6 Å². The lowest BCUT2D eigenvalue weighted by molar-refractivity contribution is 1.11. The molecule has 2 aromatic heterocycles. The standard InChI is InChI=1S/C20H15N3/c1-14-10-19(23-13-22-14)18-5-2-4-16(11-18)17-8-7-15-6-3-9-21-20(15)12-17/h2-13H,1H3/i1D3. The summed E-state index contributed by atoms with van der Waals surface area (Å²) in [6.07, 6.45) is 3.07. The van der Waals surface area contributed by atoms with Gasteiger partial charge in [0.25, 0.3) is 0 Å². The number of hydrogen-bond donors (Lipinski definition) is 0. The molecule has 0 aliphatic heterocycles. The van der Waals surface area contributed by atoms with E-state index < -0.39 is 6.85 Å². The maximum Gasteiger partial charge on any atom is 0.116 e. The number of hydrogen-bond acceptors (Lipinski definition) is 3. The van der Waals surface area contributed by atoms with E-state index in [-0.39, 0.29) is 5.69 Å². The van der Waals surface area contributed by atoms with Crippen molar-refractivity contribution in [2.75, 3.05) is 0 Å². The van der Waals surface area contributed by atoms with Gasteiger partial charge in [-0.05, 0) is 42.2 Å². The van der Waals surface area contributed by atoms with Crippen molar-refractivity contribution in [3.63, 3.8) is 0 Å². The highest BCUT2D eigenvalue weighted by Gasteiger charge is 2.04. The SMILES string of the molecule is [2H]C([2H])([2H])c1cc(-c2cccc(-c3ccc4cccnc4c3)c2)ncn1. The van der Waals surface area contributed by atoms with Gasteiger partial charge in [0.1, 0.15) is 6.33 Å². The molecule has 0 N–H and O–H groups in total. The molecule has 2 aromatic carbocycles. The number of nitrogens with zero attached hydrogens (tertiary/aromatic N) is 3. The van der Waals surface area contributed by atoms with Crippen molar-refractivity contribution < 1.29 is 4.11 Å². The molecule has 23 heavy (non-hydrogen) atoms. The quantitative estimate of drug-likeness (QED) is 0.540. The smallest absolute Gasteiger partial charge is 0.116 e. The van der Waals surface area contributed by atoms with Crippen LogP contribution in [0.3, 0.4) is 0 Å². The second kappa shape index (κ2) is 5.61. The second-order valence-electron chi connectivity index (χ2n) is 5.28. The zero-order valence-corrected chi connectivity index (χ0v) is 12.3. The van der Waals surface area contributed by atoms with Gasteiger partial charge in [-0.1, -0.05) is 36.4 Å². The lowest BCUT2D eigenvalue weighted by atomic mass is 10.0. The molecule has 4 aromatic rings. The van der Waals surface area contributed by atoms with Gasteiger partial charge in [0, 0.05) is 27.0 Å². The van der Waals surface area contributed by atoms with Crippen molar-refractivity contribution >= 4 is 10.9 Å². The van der Waals surface area contributed by atoms with E-state index in [0.29, 0.717) is 5.69 Å². The Morgan fingerprint density at radius 1 is 0.783 bits per heavy atom. The van der Waals surface area contributed by atoms with Gasteiger partial charge in [0.15, 0.2) is 0 Å². The van der Waals surface area contributed by atoms with Gasteiger partial charge >= 0.3 is 0 Å². The number of aromatic nitrogens is 3. The van der Waals surface area contributed by atoms with E-state index in [1.165, 1.54) is 12.4 Å². The predicted octanol–water partition coefficient (Wildman–Crippen LogP) is 4.67. The largest absolute Gasteiger partial charge is 0.256 e. The fourth-order valence-corrected chi connectivity index (χ4v) is 2.62. The fraction of sp³-hybridized carbons (Fsp3) is 0.0500. The maximum absolute atomic E-state index is 7.52. The highest BCUT2D eigenvalue weighted by Crippen LogP contribution is 2.27. The molecule has 110 valence electrons. The summed E-state index contributed by atoms with van der Waals surface area (Å²) in [5.74, 6) is 0. The fourth-order valence-electron chi connectivity index (χ4n) is 2.62. The molecule has 0 atom stereocenters. The number of aryl methyl sites for hydroxylation is 1. The van der Waals surface area contributed by atoms with Gasteiger partial charge < -0.3 is 0 Å². The Kier molecular flexibility index (Phi) is 2.59. The Morgan fingerprint density at radius 3 is 2.65 bits per heavy atom. The summed E-state index contributed by atoms with van der Waals surface area (Å²) in [4.78, 5) is 12.5. The predicted molar refractivity (Wildman–Crippen MR) is 92.9 cm³/mol. The van der Waals surface area contributed by atoms with E-state index >= 15 is 0 Å². The molecule has 0 aliphatic carbocycles. The van der Waals surface area contributed by atoms with Gasteiger partial charge in [-0.2, -0.15) is 0 Å². The van der Waals surface area contributed by atoms with Gasteiger partial charge in [0.05, 0.1) is 11.2 Å². The van der Waals surface area contributed by atoms with Crippen LogP contribution in [-0.2, 0) is 0 Å². The maximum atomic E-state index is 7.52. The first-order chi connectivity index (χ1) is 12.5. The number of rotatable bonds is 2. The zero-order valence-electron chi connectivity index (χ0n) is 15.3. The van der Waals surface area contributed by atoms with Crippen LogP contribution in [0.15, 0.2) is 73.2 Å². The molecule has 0 saturated carbocycles. The topological polar surface area (TPSA) is 38.7 Å². The Balaban J connectivity index is 1.77. The average Bonchev–Trinajstić information content (AvgIpc) is 2.67. The highest BCUT2D eigenvalue weighted by molar-refractivity contribution is 5.84. The summed E-state index contributed by atoms with van der Waals surface area (Å²) in [6.45, 7) is -2.25. The zero-order chi connectivity index (χ0) is 18.1. The number of benzene rings is 2. The van der Waals surface area contributed by atoms with Crippen molar-refractivity contribution in [3.8, 4) is 22.4 Å². The van der Waals surface area contributed by atoms with Crippen LogP contribution in [0.4, 0.5) is 0 Å². The molecule has 0 saturated heterocycles. The summed E-state index contributed by atoms with van der Waals surface area (Å²) in [5.41, 5.74) is 4.47. The van der Waals surface area contributed by atoms with Crippen LogP contribution >= 0.6 is 0 Å². The summed E-state index contributed by atoms with van der Waals surface area (Å²) >= 11 is 0. The monoisotopic (exact) mass is 300 g/mol. The molecule has 0 fully saturated rings. The second-order valence-corrected chi connectivity index (χ2v) is 5.28. The minimum Gasteiger partial charge on any atom is -0.256 e. The van der Waals surface area contributed by atoms with Gasteiger partial charge in [0.2, 0.25) is 0 Å². The molecule has 2 heterocycles. The van der Waals surface area contributed by atoms with E-state index in [9.17, 15) is 0 Å². The molecular formula is C20H15N3. The van der Waals surface area contributed by atoms with Crippen molar-refractivity contribution in [3.05, 3.63) is 78.9 Å². The van der Waals surface area contributed by atoms with Crippen molar-refractivity contribution in [2.24, 2.45) is 0 Å². The van der Waals surface area contributed by atoms with Crippen LogP contribution in [-0.4, -0.2) is 15.0 Å². The van der Waals surface area contributed by atoms with Crippen LogP contribution in [0.2, 0.25) is 0 Å². The van der Waals surface area contributed by atoms with E-state index in [1.807, 2.05) is 48.5 Å². The summed E-state index contributed by atoms with van der Waals surface area (Å²) in [6, 6.07) is 19.5. The van der Waals surface area contributed by atoms with Crippen LogP contribution in [0.25, 0.3) is 33.3 Å². The minimum absolute atomic E-state index is 0.0443. The van der Waals surface area contributed by atoms with E-state index in [2.05, 4.69) is 21.0 Å². The molecule has 0 radical (unpaired) electrons. The normalized spacial score (nSPS) is 13.3. The van der Waals surface area contributed by atoms with E-state index in [4.69, 9.17) is 4.11 Å². The summed E-state index contributed by atoms with van der Waals surface area (Å²) in [7, 11) is 0. The molecule has 3 heteroatoms. The van der Waals surface area contributed by atoms with Crippen LogP contribution in [0.1, 0.15) is 9.81 Å². The minimum atomic E-state index is -2.25. The first-order valence-corrected chi connectivity index (χ1v) is 7.29. The lowest BCUT2D eigenvalue weighted by Gasteiger charge is -2.07. The Labute approximate surface area is 138 Å². The average molecular weight is 300 g/mol. The van der Waals surface area contributed by atoms with Crippen LogP contribution < -0.4 is 0 Å². The molecule has 0 unspecified atom stereocenters. The third kappa shape index (κ3) is 2.69. The van der Waals surface area contributed by atoms with Crippen LogP contribution in [0, 0.1) is 6.85 Å². The van der Waals surface area contributed by atoms with Gasteiger partial charge in [-0.15, -0.1) is 0 Å². The molecule has 0 spiro atoms. The molecule has 4 rings (SSSR count). The first kappa shape index (κ1) is 10.6. The summed E-state index contributed by atoms with van der Waals surface area (Å²) in [5, 5.41) is 1.09. The highest BCUT2D eigenvalue weighted by atomic mass is 14.8. The third-order valence-corrected chi connectivity index (χ3v) is 3.76. The number of pyridine rings is 1. The first-order valence-electron chi connectivity index (χ1n) is 8.79. The van der Waals surface area contributed by atoms with Crippen molar-refractivity contribution in [2.45, 2.75) is 6.85 Å². The Bertz CT molecular complexity index is 1090. The van der Waals surface area contributed by atoms with Gasteiger partial charge in [-0.25, -0.2) is 9.97 Å². The molecule has 0 bridgehead atoms. The Morgan fingerprint density at radius 2 is 1.70 bits per heavy atom. The number of fused-ring (bicyclic) bond motifs is 1.